The topological polar surface area (TPSA) is 34.9 Å². The summed E-state index contributed by atoms with van der Waals surface area (Å²) in [6.45, 7) is 0. The van der Waals surface area contributed by atoms with Gasteiger partial charge in [-0.1, -0.05) is 24.3 Å². The van der Waals surface area contributed by atoms with Gasteiger partial charge in [0.15, 0.2) is 0 Å². The molecule has 0 amide bonds. The van der Waals surface area contributed by atoms with Crippen LogP contribution in [0.5, 0.6) is 0 Å². The maximum Gasteiger partial charge on any atom is 0.255 e. The van der Waals surface area contributed by atoms with E-state index in [1.54, 1.807) is 29.1 Å². The number of para-hydroxylation sites is 1. The minimum Gasteiger partial charge on any atom is -0.277 e. The van der Waals surface area contributed by atoms with Gasteiger partial charge in [-0.2, -0.15) is 0 Å². The smallest absolute Gasteiger partial charge is 0.255 e. The quantitative estimate of drug-likeness (QED) is 0.699. The zero-order valence-electron chi connectivity index (χ0n) is 10.2. The van der Waals surface area contributed by atoms with Crippen molar-refractivity contribution < 1.29 is 0 Å². The molecule has 0 radical (unpaired) electrons. The maximum absolute atomic E-state index is 12.2. The zero-order valence-corrected chi connectivity index (χ0v) is 10.2. The number of hydrogen-bond acceptors (Lipinski definition) is 2. The molecule has 3 heteroatoms. The molecule has 19 heavy (non-hydrogen) atoms. The van der Waals surface area contributed by atoms with Crippen molar-refractivity contribution in [3.05, 3.63) is 83.4 Å². The van der Waals surface area contributed by atoms with E-state index in [4.69, 9.17) is 0 Å². The summed E-state index contributed by atoms with van der Waals surface area (Å²) in [5.74, 6) is 0. The van der Waals surface area contributed by atoms with Gasteiger partial charge in [-0.25, -0.2) is 0 Å². The molecule has 0 aliphatic heterocycles. The van der Waals surface area contributed by atoms with Crippen molar-refractivity contribution in [3.8, 4) is 16.9 Å². The average Bonchev–Trinajstić information content (AvgIpc) is 2.49. The Morgan fingerprint density at radius 3 is 2.42 bits per heavy atom. The Labute approximate surface area is 110 Å². The predicted octanol–water partition coefficient (Wildman–Crippen LogP) is 2.90. The third kappa shape index (κ3) is 2.18. The molecule has 0 spiro atoms. The van der Waals surface area contributed by atoms with Crippen LogP contribution in [0.25, 0.3) is 16.9 Å². The Hall–Kier alpha value is -2.68. The molecule has 0 saturated carbocycles. The molecular weight excluding hydrogens is 236 g/mol. The molecule has 0 aliphatic rings. The molecule has 0 N–H and O–H groups in total. The van der Waals surface area contributed by atoms with Gasteiger partial charge in [0, 0.05) is 29.7 Å². The van der Waals surface area contributed by atoms with E-state index < -0.39 is 0 Å². The number of hydrogen-bond donors (Lipinski definition) is 0. The Balaban J connectivity index is 2.28. The first kappa shape index (κ1) is 11.4. The molecule has 0 atom stereocenters. The van der Waals surface area contributed by atoms with Gasteiger partial charge in [0.1, 0.15) is 0 Å². The molecule has 1 aromatic carbocycles. The molecule has 0 aliphatic carbocycles. The van der Waals surface area contributed by atoms with Gasteiger partial charge >= 0.3 is 0 Å². The second-order valence-electron chi connectivity index (χ2n) is 4.16. The van der Waals surface area contributed by atoms with Crippen LogP contribution >= 0.6 is 0 Å². The molecule has 3 rings (SSSR count). The number of rotatable bonds is 2. The summed E-state index contributed by atoms with van der Waals surface area (Å²) in [5, 5.41) is 0. The van der Waals surface area contributed by atoms with Crippen LogP contribution in [-0.2, 0) is 0 Å². The van der Waals surface area contributed by atoms with Gasteiger partial charge in [-0.3, -0.25) is 14.3 Å². The summed E-state index contributed by atoms with van der Waals surface area (Å²) in [4.78, 5) is 16.3. The third-order valence-electron chi connectivity index (χ3n) is 2.93. The average molecular weight is 248 g/mol. The molecule has 2 aromatic heterocycles. The van der Waals surface area contributed by atoms with Crippen LogP contribution in [0.15, 0.2) is 77.9 Å². The van der Waals surface area contributed by atoms with Crippen LogP contribution in [0.1, 0.15) is 0 Å². The van der Waals surface area contributed by atoms with Crippen LogP contribution in [0.3, 0.4) is 0 Å². The third-order valence-corrected chi connectivity index (χ3v) is 2.93. The van der Waals surface area contributed by atoms with E-state index in [-0.39, 0.29) is 5.56 Å². The van der Waals surface area contributed by atoms with Crippen molar-refractivity contribution >= 4 is 0 Å². The summed E-state index contributed by atoms with van der Waals surface area (Å²) in [6, 6.07) is 18.7. The molecule has 0 unspecified atom stereocenters. The fourth-order valence-electron chi connectivity index (χ4n) is 2.07. The lowest BCUT2D eigenvalue weighted by Gasteiger charge is -2.12. The highest BCUT2D eigenvalue weighted by Crippen LogP contribution is 2.19. The van der Waals surface area contributed by atoms with E-state index in [1.165, 1.54) is 0 Å². The van der Waals surface area contributed by atoms with E-state index in [9.17, 15) is 4.79 Å². The summed E-state index contributed by atoms with van der Waals surface area (Å²) in [7, 11) is 0. The standard InChI is InChI=1S/C16H12N2O/c19-16-10-4-9-15(13-6-5-11-17-12-13)18(16)14-7-2-1-3-8-14/h1-12H. The Kier molecular flexibility index (Phi) is 2.94. The van der Waals surface area contributed by atoms with Crippen molar-refractivity contribution in [3.63, 3.8) is 0 Å². The normalized spacial score (nSPS) is 10.3. The molecular formula is C16H12N2O. The minimum absolute atomic E-state index is 0.0486. The monoisotopic (exact) mass is 248 g/mol. The zero-order chi connectivity index (χ0) is 13.1. The van der Waals surface area contributed by atoms with Crippen molar-refractivity contribution in [1.82, 2.24) is 9.55 Å². The fraction of sp³-hybridized carbons (Fsp3) is 0. The lowest BCUT2D eigenvalue weighted by Crippen LogP contribution is -2.18. The first-order valence-corrected chi connectivity index (χ1v) is 6.04. The maximum atomic E-state index is 12.2. The summed E-state index contributed by atoms with van der Waals surface area (Å²) in [6.07, 6.45) is 3.48. The Bertz CT molecular complexity index is 733. The van der Waals surface area contributed by atoms with E-state index >= 15 is 0 Å². The first-order chi connectivity index (χ1) is 9.36. The second-order valence-corrected chi connectivity index (χ2v) is 4.16. The first-order valence-electron chi connectivity index (χ1n) is 6.04. The molecule has 3 aromatic rings. The SMILES string of the molecule is O=c1cccc(-c2cccnc2)n1-c1ccccc1. The van der Waals surface area contributed by atoms with Crippen molar-refractivity contribution in [1.29, 1.82) is 0 Å². The van der Waals surface area contributed by atoms with Gasteiger partial charge in [0.25, 0.3) is 5.56 Å². The van der Waals surface area contributed by atoms with Crippen molar-refractivity contribution in [2.45, 2.75) is 0 Å². The van der Waals surface area contributed by atoms with Gasteiger partial charge in [0.2, 0.25) is 0 Å². The number of pyridine rings is 2. The number of nitrogens with zero attached hydrogens (tertiary/aromatic N) is 2. The largest absolute Gasteiger partial charge is 0.277 e. The van der Waals surface area contributed by atoms with Gasteiger partial charge < -0.3 is 0 Å². The number of aromatic nitrogens is 2. The van der Waals surface area contributed by atoms with Crippen LogP contribution in [0.4, 0.5) is 0 Å². The van der Waals surface area contributed by atoms with E-state index in [0.717, 1.165) is 16.9 Å². The summed E-state index contributed by atoms with van der Waals surface area (Å²) >= 11 is 0. The predicted molar refractivity (Wildman–Crippen MR) is 75.3 cm³/mol. The van der Waals surface area contributed by atoms with Crippen LogP contribution in [0, 0.1) is 0 Å². The van der Waals surface area contributed by atoms with Crippen LogP contribution in [-0.4, -0.2) is 9.55 Å². The van der Waals surface area contributed by atoms with Gasteiger partial charge in [-0.15, -0.1) is 0 Å². The minimum atomic E-state index is -0.0486. The molecule has 3 nitrogen and oxygen atoms in total. The summed E-state index contributed by atoms with van der Waals surface area (Å²) < 4.78 is 1.69. The Morgan fingerprint density at radius 2 is 1.68 bits per heavy atom. The highest BCUT2D eigenvalue weighted by atomic mass is 16.1. The fourth-order valence-corrected chi connectivity index (χ4v) is 2.07. The van der Waals surface area contributed by atoms with E-state index in [1.807, 2.05) is 48.5 Å². The lowest BCUT2D eigenvalue weighted by atomic mass is 10.1. The molecule has 0 bridgehead atoms. The molecule has 2 heterocycles. The molecule has 0 fully saturated rings. The number of benzene rings is 1. The van der Waals surface area contributed by atoms with Crippen molar-refractivity contribution in [2.75, 3.05) is 0 Å². The van der Waals surface area contributed by atoms with Crippen LogP contribution < -0.4 is 5.56 Å². The second kappa shape index (κ2) is 4.90. The van der Waals surface area contributed by atoms with Crippen LogP contribution in [0.2, 0.25) is 0 Å². The molecule has 92 valence electrons. The van der Waals surface area contributed by atoms with E-state index in [2.05, 4.69) is 4.98 Å². The molecule has 0 saturated heterocycles. The highest BCUT2D eigenvalue weighted by molar-refractivity contribution is 5.61. The Morgan fingerprint density at radius 1 is 0.842 bits per heavy atom. The van der Waals surface area contributed by atoms with E-state index in [0.29, 0.717) is 0 Å². The van der Waals surface area contributed by atoms with Crippen molar-refractivity contribution in [2.24, 2.45) is 0 Å². The van der Waals surface area contributed by atoms with Gasteiger partial charge in [0.05, 0.1) is 5.69 Å². The summed E-state index contributed by atoms with van der Waals surface area (Å²) in [5.41, 5.74) is 2.57. The lowest BCUT2D eigenvalue weighted by molar-refractivity contribution is 0.998. The van der Waals surface area contributed by atoms with Gasteiger partial charge in [-0.05, 0) is 30.3 Å². The highest BCUT2D eigenvalue weighted by Gasteiger charge is 2.07.